The number of aliphatic hydroxyl groups is 1. The Bertz CT molecular complexity index is 792. The van der Waals surface area contributed by atoms with Crippen molar-refractivity contribution in [1.82, 2.24) is 0 Å². The molecule has 0 aromatic heterocycles. The van der Waals surface area contributed by atoms with Gasteiger partial charge in [-0.2, -0.15) is 0 Å². The van der Waals surface area contributed by atoms with Gasteiger partial charge in [0.05, 0.1) is 49.1 Å². The van der Waals surface area contributed by atoms with E-state index in [1.807, 2.05) is 6.08 Å². The maximum absolute atomic E-state index is 11.7. The van der Waals surface area contributed by atoms with Crippen molar-refractivity contribution in [1.29, 1.82) is 0 Å². The van der Waals surface area contributed by atoms with Crippen molar-refractivity contribution in [3.8, 4) is 0 Å². The van der Waals surface area contributed by atoms with Crippen LogP contribution in [0, 0.1) is 11.8 Å². The molecule has 0 bridgehead atoms. The fraction of sp³-hybridized carbons (Fsp3) is 0.912. The molecule has 2 rings (SSSR count). The molecule has 2 aliphatic heterocycles. The van der Waals surface area contributed by atoms with E-state index < -0.39 is 20.4 Å². The van der Waals surface area contributed by atoms with Crippen LogP contribution >= 0.6 is 0 Å². The van der Waals surface area contributed by atoms with Crippen LogP contribution in [0.1, 0.15) is 120 Å². The summed E-state index contributed by atoms with van der Waals surface area (Å²) in [5, 5.41) is 20.1. The third-order valence-electron chi connectivity index (χ3n) is 9.69. The SMILES string of the molecule is CO[C@@H](C[C@H]1C[C@@H](O[Si](C(C)C)(C(C)C)C(C)C)C[C@@H](CC(=O)O)O1)C[C@H]1O[C@H](C[C@H](O)/C=C/CC(C)C)CC[C@@H]1C. The van der Waals surface area contributed by atoms with Gasteiger partial charge in [-0.05, 0) is 67.0 Å². The van der Waals surface area contributed by atoms with E-state index >= 15 is 0 Å². The number of carboxylic acid groups (broad SMARTS) is 1. The van der Waals surface area contributed by atoms with Gasteiger partial charge in [-0.25, -0.2) is 0 Å². The van der Waals surface area contributed by atoms with Gasteiger partial charge in [-0.15, -0.1) is 0 Å². The molecule has 2 saturated heterocycles. The second kappa shape index (κ2) is 17.6. The molecule has 7 nitrogen and oxygen atoms in total. The molecule has 8 atom stereocenters. The molecule has 8 heteroatoms. The summed E-state index contributed by atoms with van der Waals surface area (Å²) in [7, 11) is -0.373. The van der Waals surface area contributed by atoms with Crippen molar-refractivity contribution >= 4 is 14.3 Å². The Morgan fingerprint density at radius 1 is 0.905 bits per heavy atom. The van der Waals surface area contributed by atoms with Gasteiger partial charge in [-0.3, -0.25) is 4.79 Å². The van der Waals surface area contributed by atoms with Crippen LogP contribution in [0.4, 0.5) is 0 Å². The molecular formula is C34H64O7Si. The van der Waals surface area contributed by atoms with Crippen molar-refractivity contribution in [2.75, 3.05) is 7.11 Å². The molecule has 2 fully saturated rings. The third kappa shape index (κ3) is 11.3. The summed E-state index contributed by atoms with van der Waals surface area (Å²) >= 11 is 0. The molecule has 0 aromatic carbocycles. The van der Waals surface area contributed by atoms with Crippen molar-refractivity contribution < 1.29 is 33.6 Å². The molecular weight excluding hydrogens is 548 g/mol. The number of allylic oxidation sites excluding steroid dienone is 1. The molecule has 2 aliphatic rings. The minimum absolute atomic E-state index is 0.00795. The highest BCUT2D eigenvalue weighted by molar-refractivity contribution is 6.77. The van der Waals surface area contributed by atoms with E-state index in [4.69, 9.17) is 18.6 Å². The predicted octanol–water partition coefficient (Wildman–Crippen LogP) is 7.90. The van der Waals surface area contributed by atoms with Gasteiger partial charge in [0.25, 0.3) is 0 Å². The first-order chi connectivity index (χ1) is 19.7. The molecule has 0 aliphatic carbocycles. The first kappa shape index (κ1) is 37.4. The van der Waals surface area contributed by atoms with Gasteiger partial charge in [0.15, 0.2) is 0 Å². The molecule has 0 radical (unpaired) electrons. The number of methoxy groups -OCH3 is 1. The Hall–Kier alpha value is -0.773. The molecule has 0 spiro atoms. The lowest BCUT2D eigenvalue weighted by atomic mass is 9.87. The molecule has 246 valence electrons. The van der Waals surface area contributed by atoms with Crippen LogP contribution in [0.5, 0.6) is 0 Å². The van der Waals surface area contributed by atoms with E-state index in [1.165, 1.54) is 0 Å². The second-order valence-electron chi connectivity index (χ2n) is 14.5. The fourth-order valence-corrected chi connectivity index (χ4v) is 13.2. The summed E-state index contributed by atoms with van der Waals surface area (Å²) in [6, 6.07) is 0. The molecule has 0 aromatic rings. The zero-order valence-electron chi connectivity index (χ0n) is 28.4. The van der Waals surface area contributed by atoms with Crippen LogP contribution in [0.3, 0.4) is 0 Å². The topological polar surface area (TPSA) is 94.5 Å². The highest BCUT2D eigenvalue weighted by Gasteiger charge is 2.48. The monoisotopic (exact) mass is 612 g/mol. The lowest BCUT2D eigenvalue weighted by molar-refractivity contribution is -0.150. The van der Waals surface area contributed by atoms with Crippen molar-refractivity contribution in [2.45, 2.75) is 179 Å². The smallest absolute Gasteiger partial charge is 0.305 e. The van der Waals surface area contributed by atoms with E-state index in [-0.39, 0.29) is 43.0 Å². The van der Waals surface area contributed by atoms with E-state index in [0.29, 0.717) is 47.7 Å². The van der Waals surface area contributed by atoms with Gasteiger partial charge in [-0.1, -0.05) is 74.5 Å². The summed E-state index contributed by atoms with van der Waals surface area (Å²) in [5.41, 5.74) is 1.39. The van der Waals surface area contributed by atoms with Gasteiger partial charge in [0, 0.05) is 20.0 Å². The molecule has 2 N–H and O–H groups in total. The first-order valence-electron chi connectivity index (χ1n) is 16.8. The van der Waals surface area contributed by atoms with Crippen molar-refractivity contribution in [3.05, 3.63) is 12.2 Å². The summed E-state index contributed by atoms with van der Waals surface area (Å²) in [6.45, 7) is 20.3. The molecule has 0 saturated carbocycles. The Labute approximate surface area is 258 Å². The molecule has 0 unspecified atom stereocenters. The highest BCUT2D eigenvalue weighted by atomic mass is 28.4. The zero-order valence-corrected chi connectivity index (χ0v) is 29.4. The number of aliphatic hydroxyl groups excluding tert-OH is 1. The van der Waals surface area contributed by atoms with Crippen LogP contribution in [-0.2, 0) is 23.4 Å². The first-order valence-corrected chi connectivity index (χ1v) is 18.9. The maximum atomic E-state index is 11.7. The van der Waals surface area contributed by atoms with Crippen LogP contribution < -0.4 is 0 Å². The Morgan fingerprint density at radius 3 is 2.07 bits per heavy atom. The van der Waals surface area contributed by atoms with E-state index in [0.717, 1.165) is 32.1 Å². The average molecular weight is 613 g/mol. The van der Waals surface area contributed by atoms with E-state index in [2.05, 4.69) is 68.4 Å². The van der Waals surface area contributed by atoms with Crippen molar-refractivity contribution in [3.63, 3.8) is 0 Å². The predicted molar refractivity (Wildman–Crippen MR) is 172 cm³/mol. The van der Waals surface area contributed by atoms with Crippen LogP contribution in [0.2, 0.25) is 16.6 Å². The zero-order chi connectivity index (χ0) is 31.6. The van der Waals surface area contributed by atoms with Gasteiger partial charge >= 0.3 is 5.97 Å². The Balaban J connectivity index is 2.09. The summed E-state index contributed by atoms with van der Waals surface area (Å²) in [5.74, 6) is 0.153. The largest absolute Gasteiger partial charge is 0.481 e. The number of carboxylic acids is 1. The number of hydrogen-bond acceptors (Lipinski definition) is 6. The lowest BCUT2D eigenvalue weighted by Gasteiger charge is -2.47. The number of aliphatic carboxylic acids is 1. The average Bonchev–Trinajstić information content (AvgIpc) is 2.87. The quantitative estimate of drug-likeness (QED) is 0.127. The number of carbonyl (C=O) groups is 1. The molecule has 0 amide bonds. The lowest BCUT2D eigenvalue weighted by Crippen LogP contribution is -2.52. The Morgan fingerprint density at radius 2 is 1.52 bits per heavy atom. The van der Waals surface area contributed by atoms with Crippen LogP contribution in [0.25, 0.3) is 0 Å². The minimum Gasteiger partial charge on any atom is -0.481 e. The standard InChI is InChI=1S/C34H64O7Si/c1-22(2)12-11-13-27(35)16-28-15-14-26(9)33(40-28)20-29(38-10)17-30-18-32(19-31(39-30)21-34(36)37)41-42(23(3)4,24(5)6)25(7)8/h11,13,22-33,35H,12,14-21H2,1-10H3,(H,36,37)/b13-11+/t26-,27+,28-,29-,30-,31-,32+,33+/m0/s1. The van der Waals surface area contributed by atoms with Gasteiger partial charge < -0.3 is 28.8 Å². The van der Waals surface area contributed by atoms with E-state index in [1.54, 1.807) is 7.11 Å². The molecule has 42 heavy (non-hydrogen) atoms. The maximum Gasteiger partial charge on any atom is 0.305 e. The fourth-order valence-electron chi connectivity index (χ4n) is 7.58. The second-order valence-corrected chi connectivity index (χ2v) is 20.0. The summed E-state index contributed by atoms with van der Waals surface area (Å²) < 4.78 is 26.1. The van der Waals surface area contributed by atoms with Gasteiger partial charge in [0.2, 0.25) is 8.32 Å². The van der Waals surface area contributed by atoms with Crippen LogP contribution in [0.15, 0.2) is 12.2 Å². The van der Waals surface area contributed by atoms with E-state index in [9.17, 15) is 15.0 Å². The normalized spacial score (nSPS) is 29.2. The van der Waals surface area contributed by atoms with Crippen LogP contribution in [-0.4, -0.2) is 74.3 Å². The number of hydrogen-bond donors (Lipinski definition) is 2. The number of rotatable bonds is 17. The number of ether oxygens (including phenoxy) is 3. The minimum atomic E-state index is -2.12. The van der Waals surface area contributed by atoms with Gasteiger partial charge in [0.1, 0.15) is 0 Å². The summed E-state index contributed by atoms with van der Waals surface area (Å²) in [6.07, 6.45) is 9.45. The third-order valence-corrected chi connectivity index (χ3v) is 15.8. The molecule has 2 heterocycles. The van der Waals surface area contributed by atoms with Crippen molar-refractivity contribution in [2.24, 2.45) is 11.8 Å². The highest BCUT2D eigenvalue weighted by Crippen LogP contribution is 2.45. The summed E-state index contributed by atoms with van der Waals surface area (Å²) in [4.78, 5) is 11.7. The Kier molecular flexibility index (Phi) is 15.7.